The van der Waals surface area contributed by atoms with Gasteiger partial charge in [0.15, 0.2) is 0 Å². The number of rotatable bonds is 11. The van der Waals surface area contributed by atoms with Gasteiger partial charge in [0.2, 0.25) is 5.69 Å². The van der Waals surface area contributed by atoms with E-state index in [4.69, 9.17) is 16.0 Å². The third kappa shape index (κ3) is 6.58. The van der Waals surface area contributed by atoms with Crippen LogP contribution in [0.5, 0.6) is 5.75 Å². The fraction of sp³-hybridized carbons (Fsp3) is 0.577. The number of aromatic nitrogens is 1. The number of aryl methyl sites for hydroxylation is 1. The summed E-state index contributed by atoms with van der Waals surface area (Å²) >= 11 is 1.36. The number of ether oxygens (including phenoxy) is 2. The van der Waals surface area contributed by atoms with E-state index in [0.29, 0.717) is 48.4 Å². The van der Waals surface area contributed by atoms with E-state index in [1.807, 2.05) is 19.1 Å². The highest BCUT2D eigenvalue weighted by Crippen LogP contribution is 2.35. The van der Waals surface area contributed by atoms with Crippen LogP contribution in [0.15, 0.2) is 18.2 Å². The Bertz CT molecular complexity index is 1040. The van der Waals surface area contributed by atoms with Crippen molar-refractivity contribution in [1.82, 2.24) is 20.1 Å². The largest absolute Gasteiger partial charge is 0.503 e. The van der Waals surface area contributed by atoms with Crippen molar-refractivity contribution in [2.75, 3.05) is 60.1 Å². The number of hydrogen-bond acceptors (Lipinski definition) is 7. The van der Waals surface area contributed by atoms with Crippen molar-refractivity contribution in [3.8, 4) is 16.3 Å². The molecule has 2 heterocycles. The smallest absolute Gasteiger partial charge is 0.263 e. The summed E-state index contributed by atoms with van der Waals surface area (Å²) in [6.07, 6.45) is 1.77. The van der Waals surface area contributed by atoms with Crippen molar-refractivity contribution in [2.45, 2.75) is 39.2 Å². The first-order valence-corrected chi connectivity index (χ1v) is 13.0. The second-order valence-corrected chi connectivity index (χ2v) is 10.0. The Labute approximate surface area is 213 Å². The second kappa shape index (κ2) is 12.5. The van der Waals surface area contributed by atoms with Crippen LogP contribution in [0.1, 0.15) is 42.1 Å². The Morgan fingerprint density at radius 1 is 1.29 bits per heavy atom. The van der Waals surface area contributed by atoms with Gasteiger partial charge in [-0.3, -0.25) is 4.79 Å². The molecule has 0 radical (unpaired) electrons. The molecular weight excluding hydrogens is 462 g/mol. The number of nitrogens with one attached hydrogen (secondary N) is 1. The molecule has 0 bridgehead atoms. The van der Waals surface area contributed by atoms with E-state index in [-0.39, 0.29) is 11.4 Å². The van der Waals surface area contributed by atoms with Crippen molar-refractivity contribution in [2.24, 2.45) is 0 Å². The van der Waals surface area contributed by atoms with Gasteiger partial charge in [-0.15, -0.1) is 11.3 Å². The molecule has 1 aromatic carbocycles. The monoisotopic (exact) mass is 499 g/mol. The van der Waals surface area contributed by atoms with Crippen molar-refractivity contribution < 1.29 is 14.3 Å². The lowest BCUT2D eigenvalue weighted by Gasteiger charge is -2.42. The van der Waals surface area contributed by atoms with Gasteiger partial charge in [-0.1, -0.05) is 19.9 Å². The first-order chi connectivity index (χ1) is 16.8. The van der Waals surface area contributed by atoms with Crippen LogP contribution in [0.4, 0.5) is 5.69 Å². The predicted octanol–water partition coefficient (Wildman–Crippen LogP) is 4.23. The van der Waals surface area contributed by atoms with Crippen LogP contribution in [-0.4, -0.2) is 86.3 Å². The summed E-state index contributed by atoms with van der Waals surface area (Å²) < 4.78 is 11.4. The molecule has 8 nitrogen and oxygen atoms in total. The summed E-state index contributed by atoms with van der Waals surface area (Å²) in [6, 6.07) is 5.53. The molecule has 1 saturated heterocycles. The second-order valence-electron chi connectivity index (χ2n) is 9.02. The first-order valence-electron chi connectivity index (χ1n) is 12.2. The molecule has 0 aliphatic carbocycles. The zero-order chi connectivity index (χ0) is 25.4. The molecule has 1 N–H and O–H groups in total. The van der Waals surface area contributed by atoms with E-state index < -0.39 is 0 Å². The van der Waals surface area contributed by atoms with Gasteiger partial charge in [0, 0.05) is 37.4 Å². The molecule has 1 aliphatic heterocycles. The zero-order valence-corrected chi connectivity index (χ0v) is 22.3. The summed E-state index contributed by atoms with van der Waals surface area (Å²) in [5.41, 5.74) is 1.86. The van der Waals surface area contributed by atoms with Gasteiger partial charge in [0.1, 0.15) is 15.6 Å². The van der Waals surface area contributed by atoms with Gasteiger partial charge >= 0.3 is 0 Å². The Hall–Kier alpha value is -2.51. The molecule has 1 amide bonds. The highest BCUT2D eigenvalue weighted by Gasteiger charge is 2.35. The Morgan fingerprint density at radius 3 is 2.63 bits per heavy atom. The maximum atomic E-state index is 13.1. The number of benzene rings is 1. The lowest BCUT2D eigenvalue weighted by molar-refractivity contribution is -0.00656. The highest BCUT2D eigenvalue weighted by molar-refractivity contribution is 7.17. The minimum atomic E-state index is -0.110. The van der Waals surface area contributed by atoms with E-state index >= 15 is 0 Å². The molecule has 9 heteroatoms. The normalized spacial score (nSPS) is 15.3. The minimum Gasteiger partial charge on any atom is -0.503 e. The highest BCUT2D eigenvalue weighted by atomic mass is 32.1. The molecule has 2 aromatic rings. The van der Waals surface area contributed by atoms with Gasteiger partial charge in [0.25, 0.3) is 5.91 Å². The van der Waals surface area contributed by atoms with Crippen LogP contribution >= 0.6 is 11.3 Å². The quantitative estimate of drug-likeness (QED) is 0.467. The van der Waals surface area contributed by atoms with Crippen molar-refractivity contribution in [1.29, 1.82) is 0 Å². The molecule has 1 aromatic heterocycles. The van der Waals surface area contributed by atoms with Gasteiger partial charge in [-0.2, -0.15) is 0 Å². The summed E-state index contributed by atoms with van der Waals surface area (Å²) in [7, 11) is 4.11. The maximum Gasteiger partial charge on any atom is 0.263 e. The molecule has 190 valence electrons. The van der Waals surface area contributed by atoms with Gasteiger partial charge in [-0.25, -0.2) is 9.83 Å². The lowest BCUT2D eigenvalue weighted by Crippen LogP contribution is -2.55. The number of thiazole rings is 1. The molecule has 0 unspecified atom stereocenters. The molecular formula is C26H37N5O3S. The van der Waals surface area contributed by atoms with Gasteiger partial charge in [0.05, 0.1) is 18.9 Å². The number of nitrogens with zero attached hydrogens (tertiary/aromatic N) is 4. The zero-order valence-electron chi connectivity index (χ0n) is 21.5. The molecule has 35 heavy (non-hydrogen) atoms. The number of likely N-dealkylation sites (N-methyl/N-ethyl adjacent to an activating group) is 2. The molecule has 0 spiro atoms. The van der Waals surface area contributed by atoms with Crippen LogP contribution in [0.3, 0.4) is 0 Å². The minimum absolute atomic E-state index is 0.0962. The van der Waals surface area contributed by atoms with Crippen molar-refractivity contribution >= 4 is 22.9 Å². The summed E-state index contributed by atoms with van der Waals surface area (Å²) in [5, 5.41) is 3.85. The van der Waals surface area contributed by atoms with Gasteiger partial charge < -0.3 is 24.6 Å². The summed E-state index contributed by atoms with van der Waals surface area (Å²) in [4.78, 5) is 26.4. The maximum absolute atomic E-state index is 13.1. The average molecular weight is 500 g/mol. The molecule has 0 atom stereocenters. The van der Waals surface area contributed by atoms with Crippen LogP contribution < -0.4 is 10.1 Å². The number of amides is 1. The van der Waals surface area contributed by atoms with Crippen molar-refractivity contribution in [3.05, 3.63) is 40.2 Å². The predicted molar refractivity (Wildman–Crippen MR) is 141 cm³/mol. The molecule has 1 aliphatic rings. The topological polar surface area (TPSA) is 71.3 Å². The molecule has 1 fully saturated rings. The Morgan fingerprint density at radius 2 is 2.00 bits per heavy atom. The van der Waals surface area contributed by atoms with E-state index in [0.717, 1.165) is 43.0 Å². The van der Waals surface area contributed by atoms with Gasteiger partial charge in [-0.05, 0) is 59.1 Å². The standard InChI is InChI=1S/C26H37N5O3S/c1-7-31(8-2)13-16-34-22-10-9-20(17-21(22)27-4)25-29-19(3)23(35-25)24(32)28-18-26(30(5)6)11-14-33-15-12-26/h9-10,17H,7-8,11-16,18H2,1-3,5-6H3,(H,28,32). The number of carbonyl (C=O) groups excluding carboxylic acids is 1. The Kier molecular flexibility index (Phi) is 9.63. The van der Waals surface area contributed by atoms with Crippen LogP contribution in [0.25, 0.3) is 15.4 Å². The summed E-state index contributed by atoms with van der Waals surface area (Å²) in [5.74, 6) is 0.466. The average Bonchev–Trinajstić information content (AvgIpc) is 3.27. The number of hydrogen-bond donors (Lipinski definition) is 1. The molecule has 3 rings (SSSR count). The van der Waals surface area contributed by atoms with Crippen LogP contribution in [0, 0.1) is 13.5 Å². The first kappa shape index (κ1) is 27.1. The van der Waals surface area contributed by atoms with Crippen molar-refractivity contribution in [3.63, 3.8) is 0 Å². The SMILES string of the molecule is [C-]#[N+]c1cc(-c2nc(C)c(C(=O)NCC3(N(C)C)CCOCC3)s2)ccc1OCCN(CC)CC. The van der Waals surface area contributed by atoms with E-state index in [2.05, 4.69) is 52.9 Å². The molecule has 0 saturated carbocycles. The Balaban J connectivity index is 1.70. The summed E-state index contributed by atoms with van der Waals surface area (Å²) in [6.45, 7) is 19.0. The lowest BCUT2D eigenvalue weighted by atomic mass is 9.88. The van der Waals surface area contributed by atoms with E-state index in [1.54, 1.807) is 6.07 Å². The van der Waals surface area contributed by atoms with Crippen LogP contribution in [0.2, 0.25) is 0 Å². The third-order valence-electron chi connectivity index (χ3n) is 6.84. The van der Waals surface area contributed by atoms with E-state index in [9.17, 15) is 4.79 Å². The number of carbonyl (C=O) groups is 1. The fourth-order valence-corrected chi connectivity index (χ4v) is 5.25. The van der Waals surface area contributed by atoms with Crippen LogP contribution in [-0.2, 0) is 4.74 Å². The third-order valence-corrected chi connectivity index (χ3v) is 8.04. The fourth-order valence-electron chi connectivity index (χ4n) is 4.27. The van der Waals surface area contributed by atoms with E-state index in [1.165, 1.54) is 11.3 Å².